The van der Waals surface area contributed by atoms with Gasteiger partial charge in [-0.15, -0.1) is 11.3 Å². The molecule has 0 aliphatic rings. The van der Waals surface area contributed by atoms with E-state index in [0.29, 0.717) is 5.41 Å². The molecule has 0 bridgehead atoms. The zero-order valence-corrected chi connectivity index (χ0v) is 8.96. The molecule has 0 spiro atoms. The zero-order chi connectivity index (χ0) is 8.91. The highest BCUT2D eigenvalue weighted by molar-refractivity contribution is 7.10. The molecular formula is C10H18S. The van der Waals surface area contributed by atoms with Crippen LogP contribution in [0.4, 0.5) is 0 Å². The van der Waals surface area contributed by atoms with Crippen molar-refractivity contribution >= 4 is 11.3 Å². The van der Waals surface area contributed by atoms with Gasteiger partial charge in [0.15, 0.2) is 0 Å². The van der Waals surface area contributed by atoms with Gasteiger partial charge >= 0.3 is 0 Å². The van der Waals surface area contributed by atoms with Gasteiger partial charge in [-0.25, -0.2) is 0 Å². The minimum absolute atomic E-state index is 0.341. The number of hydrogen-bond donors (Lipinski definition) is 0. The SMILES string of the molecule is CC.CC(C)(C)c1cccs1. The Labute approximate surface area is 74.3 Å². The Kier molecular flexibility index (Phi) is 4.43. The van der Waals surface area contributed by atoms with E-state index in [9.17, 15) is 0 Å². The van der Waals surface area contributed by atoms with Gasteiger partial charge in [0, 0.05) is 4.88 Å². The van der Waals surface area contributed by atoms with Crippen molar-refractivity contribution < 1.29 is 0 Å². The van der Waals surface area contributed by atoms with Crippen molar-refractivity contribution in [2.24, 2.45) is 0 Å². The third-order valence-electron chi connectivity index (χ3n) is 1.26. The van der Waals surface area contributed by atoms with E-state index >= 15 is 0 Å². The molecule has 0 radical (unpaired) electrons. The number of hydrogen-bond acceptors (Lipinski definition) is 1. The molecule has 1 rings (SSSR count). The van der Waals surface area contributed by atoms with Crippen molar-refractivity contribution in [2.75, 3.05) is 0 Å². The van der Waals surface area contributed by atoms with Crippen LogP contribution in [0.2, 0.25) is 0 Å². The maximum absolute atomic E-state index is 2.23. The van der Waals surface area contributed by atoms with Gasteiger partial charge in [-0.3, -0.25) is 0 Å². The number of thiophene rings is 1. The van der Waals surface area contributed by atoms with E-state index in [4.69, 9.17) is 0 Å². The molecule has 0 nitrogen and oxygen atoms in total. The fourth-order valence-corrected chi connectivity index (χ4v) is 1.52. The molecule has 64 valence electrons. The highest BCUT2D eigenvalue weighted by Gasteiger charge is 2.13. The average Bonchev–Trinajstić information content (AvgIpc) is 2.40. The monoisotopic (exact) mass is 170 g/mol. The summed E-state index contributed by atoms with van der Waals surface area (Å²) in [6, 6.07) is 4.29. The Hall–Kier alpha value is -0.300. The van der Waals surface area contributed by atoms with Gasteiger partial charge in [-0.2, -0.15) is 0 Å². The molecule has 1 aromatic rings. The second kappa shape index (κ2) is 4.55. The smallest absolute Gasteiger partial charge is 0.00987 e. The van der Waals surface area contributed by atoms with Gasteiger partial charge in [-0.05, 0) is 16.9 Å². The standard InChI is InChI=1S/C8H12S.C2H6/c1-8(2,3)7-5-4-6-9-7;1-2/h4-6H,1-3H3;1-2H3. The lowest BCUT2D eigenvalue weighted by atomic mass is 9.95. The lowest BCUT2D eigenvalue weighted by Crippen LogP contribution is -2.07. The van der Waals surface area contributed by atoms with Crippen LogP contribution in [0.3, 0.4) is 0 Å². The molecule has 0 atom stereocenters. The molecule has 0 amide bonds. The zero-order valence-electron chi connectivity index (χ0n) is 8.14. The highest BCUT2D eigenvalue weighted by atomic mass is 32.1. The van der Waals surface area contributed by atoms with Crippen LogP contribution in [-0.2, 0) is 5.41 Å². The van der Waals surface area contributed by atoms with Gasteiger partial charge < -0.3 is 0 Å². The molecule has 0 aromatic carbocycles. The first-order valence-electron chi connectivity index (χ1n) is 4.15. The summed E-state index contributed by atoms with van der Waals surface area (Å²) in [6.07, 6.45) is 0. The average molecular weight is 170 g/mol. The molecule has 0 saturated heterocycles. The molecule has 1 aromatic heterocycles. The summed E-state index contributed by atoms with van der Waals surface area (Å²) in [7, 11) is 0. The molecule has 0 aliphatic heterocycles. The second-order valence-electron chi connectivity index (χ2n) is 3.23. The second-order valence-corrected chi connectivity index (χ2v) is 4.17. The Morgan fingerprint density at radius 1 is 1.18 bits per heavy atom. The van der Waals surface area contributed by atoms with E-state index in [1.54, 1.807) is 0 Å². The van der Waals surface area contributed by atoms with Crippen molar-refractivity contribution in [2.45, 2.75) is 40.0 Å². The van der Waals surface area contributed by atoms with E-state index < -0.39 is 0 Å². The first-order valence-corrected chi connectivity index (χ1v) is 5.02. The van der Waals surface area contributed by atoms with Crippen LogP contribution in [0.25, 0.3) is 0 Å². The van der Waals surface area contributed by atoms with E-state index in [-0.39, 0.29) is 0 Å². The lowest BCUT2D eigenvalue weighted by molar-refractivity contribution is 0.604. The molecule has 0 unspecified atom stereocenters. The van der Waals surface area contributed by atoms with Crippen LogP contribution in [0.5, 0.6) is 0 Å². The third kappa shape index (κ3) is 3.57. The maximum Gasteiger partial charge on any atom is 0.00987 e. The molecule has 0 N–H and O–H groups in total. The summed E-state index contributed by atoms with van der Waals surface area (Å²) in [4.78, 5) is 1.46. The van der Waals surface area contributed by atoms with Crippen LogP contribution < -0.4 is 0 Å². The fraction of sp³-hybridized carbons (Fsp3) is 0.600. The predicted octanol–water partition coefficient (Wildman–Crippen LogP) is 4.07. The molecular weight excluding hydrogens is 152 g/mol. The van der Waals surface area contributed by atoms with E-state index in [0.717, 1.165) is 0 Å². The van der Waals surface area contributed by atoms with Crippen molar-refractivity contribution in [3.63, 3.8) is 0 Å². The van der Waals surface area contributed by atoms with E-state index in [2.05, 4.69) is 38.3 Å². The van der Waals surface area contributed by atoms with Gasteiger partial charge in [0.05, 0.1) is 0 Å². The summed E-state index contributed by atoms with van der Waals surface area (Å²) in [6.45, 7) is 10.7. The Bertz CT molecular complexity index is 167. The van der Waals surface area contributed by atoms with Crippen molar-refractivity contribution in [3.05, 3.63) is 22.4 Å². The summed E-state index contributed by atoms with van der Waals surface area (Å²) in [5.74, 6) is 0. The quantitative estimate of drug-likeness (QED) is 0.550. The lowest BCUT2D eigenvalue weighted by Gasteiger charge is -2.14. The minimum atomic E-state index is 0.341. The van der Waals surface area contributed by atoms with Gasteiger partial charge in [0.1, 0.15) is 0 Å². The first kappa shape index (κ1) is 10.7. The van der Waals surface area contributed by atoms with Gasteiger partial charge in [0.25, 0.3) is 0 Å². The molecule has 0 fully saturated rings. The molecule has 11 heavy (non-hydrogen) atoms. The molecule has 1 heteroatoms. The van der Waals surface area contributed by atoms with E-state index in [1.165, 1.54) is 4.88 Å². The predicted molar refractivity (Wildman–Crippen MR) is 54.4 cm³/mol. The summed E-state index contributed by atoms with van der Waals surface area (Å²) >= 11 is 1.83. The van der Waals surface area contributed by atoms with E-state index in [1.807, 2.05) is 25.2 Å². The fourth-order valence-electron chi connectivity index (χ4n) is 0.705. The van der Waals surface area contributed by atoms with Crippen molar-refractivity contribution in [1.82, 2.24) is 0 Å². The Morgan fingerprint density at radius 2 is 1.73 bits per heavy atom. The Morgan fingerprint density at radius 3 is 1.91 bits per heavy atom. The van der Waals surface area contributed by atoms with Crippen LogP contribution in [0, 0.1) is 0 Å². The van der Waals surface area contributed by atoms with Gasteiger partial charge in [-0.1, -0.05) is 40.7 Å². The van der Waals surface area contributed by atoms with Crippen molar-refractivity contribution in [1.29, 1.82) is 0 Å². The summed E-state index contributed by atoms with van der Waals surface area (Å²) in [5.41, 5.74) is 0.341. The normalized spacial score (nSPS) is 10.3. The first-order chi connectivity index (χ1) is 5.11. The number of rotatable bonds is 0. The summed E-state index contributed by atoms with van der Waals surface area (Å²) < 4.78 is 0. The van der Waals surface area contributed by atoms with Gasteiger partial charge in [0.2, 0.25) is 0 Å². The molecule has 1 heterocycles. The van der Waals surface area contributed by atoms with Crippen LogP contribution in [0.15, 0.2) is 17.5 Å². The van der Waals surface area contributed by atoms with Crippen LogP contribution >= 0.6 is 11.3 Å². The third-order valence-corrected chi connectivity index (χ3v) is 2.56. The Balaban J connectivity index is 0.000000461. The van der Waals surface area contributed by atoms with Crippen LogP contribution in [0.1, 0.15) is 39.5 Å². The molecule has 0 aliphatic carbocycles. The highest BCUT2D eigenvalue weighted by Crippen LogP contribution is 2.25. The molecule has 0 saturated carbocycles. The van der Waals surface area contributed by atoms with Crippen LogP contribution in [-0.4, -0.2) is 0 Å². The maximum atomic E-state index is 2.23. The topological polar surface area (TPSA) is 0 Å². The van der Waals surface area contributed by atoms with Crippen molar-refractivity contribution in [3.8, 4) is 0 Å². The largest absolute Gasteiger partial charge is 0.148 e. The summed E-state index contributed by atoms with van der Waals surface area (Å²) in [5, 5.41) is 2.13. The minimum Gasteiger partial charge on any atom is -0.148 e.